The second-order valence-electron chi connectivity index (χ2n) is 4.81. The predicted molar refractivity (Wildman–Crippen MR) is 71.3 cm³/mol. The molecule has 1 heterocycles. The van der Waals surface area contributed by atoms with E-state index >= 15 is 0 Å². The Balaban J connectivity index is 2.08. The smallest absolute Gasteiger partial charge is 0.253 e. The Morgan fingerprint density at radius 2 is 2.37 bits per heavy atom. The van der Waals surface area contributed by atoms with Crippen LogP contribution in [0.3, 0.4) is 0 Å². The highest BCUT2D eigenvalue weighted by molar-refractivity contribution is 5.94. The number of carbonyl (C=O) groups is 1. The molecule has 104 valence electrons. The number of ether oxygens (including phenoxy) is 1. The van der Waals surface area contributed by atoms with E-state index in [-0.39, 0.29) is 11.6 Å². The third-order valence-corrected chi connectivity index (χ3v) is 3.42. The molecule has 19 heavy (non-hydrogen) atoms. The molecule has 0 saturated carbocycles. The Labute approximate surface area is 112 Å². The zero-order valence-corrected chi connectivity index (χ0v) is 11.1. The molecule has 1 atom stereocenters. The van der Waals surface area contributed by atoms with Crippen LogP contribution in [0.5, 0.6) is 0 Å². The summed E-state index contributed by atoms with van der Waals surface area (Å²) in [6, 6.07) is 4.19. The van der Waals surface area contributed by atoms with E-state index in [0.717, 1.165) is 13.0 Å². The van der Waals surface area contributed by atoms with Gasteiger partial charge in [0.2, 0.25) is 0 Å². The van der Waals surface area contributed by atoms with Gasteiger partial charge in [-0.1, -0.05) is 0 Å². The molecule has 5 heteroatoms. The molecule has 0 bridgehead atoms. The monoisotopic (exact) mass is 266 g/mol. The first kappa shape index (κ1) is 13.8. The molecule has 1 aromatic rings. The first-order valence-electron chi connectivity index (χ1n) is 6.54. The molecule has 0 spiro atoms. The number of amides is 1. The molecule has 0 aliphatic carbocycles. The maximum absolute atomic E-state index is 13.4. The second kappa shape index (κ2) is 6.02. The Hall–Kier alpha value is -1.62. The molecule has 1 fully saturated rings. The highest BCUT2D eigenvalue weighted by Gasteiger charge is 2.22. The van der Waals surface area contributed by atoms with Crippen LogP contribution in [0.15, 0.2) is 18.2 Å². The number of rotatable bonds is 4. The minimum Gasteiger partial charge on any atom is -0.396 e. The lowest BCUT2D eigenvalue weighted by Gasteiger charge is -2.23. The van der Waals surface area contributed by atoms with Gasteiger partial charge in [0.1, 0.15) is 5.82 Å². The first-order chi connectivity index (χ1) is 9.11. The number of anilines is 1. The van der Waals surface area contributed by atoms with Crippen molar-refractivity contribution in [2.24, 2.45) is 5.92 Å². The summed E-state index contributed by atoms with van der Waals surface area (Å²) in [5.74, 6) is -0.332. The summed E-state index contributed by atoms with van der Waals surface area (Å²) in [7, 11) is 0. The van der Waals surface area contributed by atoms with Crippen LogP contribution in [0.25, 0.3) is 0 Å². The molecular weight excluding hydrogens is 247 g/mol. The van der Waals surface area contributed by atoms with Crippen molar-refractivity contribution in [3.63, 3.8) is 0 Å². The van der Waals surface area contributed by atoms with Crippen molar-refractivity contribution in [3.05, 3.63) is 29.6 Å². The Bertz CT molecular complexity index is 459. The van der Waals surface area contributed by atoms with Crippen LogP contribution < -0.4 is 5.73 Å². The normalized spacial score (nSPS) is 18.5. The number of nitrogens with zero attached hydrogens (tertiary/aromatic N) is 1. The molecule has 0 aromatic heterocycles. The molecule has 1 unspecified atom stereocenters. The third kappa shape index (κ3) is 3.23. The average Bonchev–Trinajstić information content (AvgIpc) is 2.91. The molecule has 2 N–H and O–H groups in total. The number of nitrogens with two attached hydrogens (primary N) is 1. The van der Waals surface area contributed by atoms with Gasteiger partial charge in [-0.05, 0) is 31.5 Å². The van der Waals surface area contributed by atoms with Crippen LogP contribution in [-0.4, -0.2) is 37.1 Å². The van der Waals surface area contributed by atoms with Crippen LogP contribution >= 0.6 is 0 Å². The lowest BCUT2D eigenvalue weighted by atomic mass is 10.1. The minimum atomic E-state index is -0.550. The van der Waals surface area contributed by atoms with Gasteiger partial charge in [0, 0.05) is 31.2 Å². The van der Waals surface area contributed by atoms with E-state index in [1.807, 2.05) is 6.92 Å². The lowest BCUT2D eigenvalue weighted by Crippen LogP contribution is -2.35. The highest BCUT2D eigenvalue weighted by atomic mass is 19.1. The minimum absolute atomic E-state index is 0.0591. The molecule has 2 rings (SSSR count). The molecule has 0 radical (unpaired) electrons. The van der Waals surface area contributed by atoms with Crippen molar-refractivity contribution >= 4 is 11.6 Å². The number of hydrogen-bond acceptors (Lipinski definition) is 3. The number of halogens is 1. The molecule has 1 aliphatic rings. The van der Waals surface area contributed by atoms with Crippen LogP contribution in [0, 0.1) is 11.7 Å². The van der Waals surface area contributed by atoms with E-state index in [2.05, 4.69) is 0 Å². The summed E-state index contributed by atoms with van der Waals surface area (Å²) in [4.78, 5) is 14.0. The maximum Gasteiger partial charge on any atom is 0.253 e. The van der Waals surface area contributed by atoms with E-state index in [4.69, 9.17) is 10.5 Å². The quantitative estimate of drug-likeness (QED) is 0.847. The van der Waals surface area contributed by atoms with E-state index in [9.17, 15) is 9.18 Å². The topological polar surface area (TPSA) is 55.6 Å². The first-order valence-corrected chi connectivity index (χ1v) is 6.54. The van der Waals surface area contributed by atoms with Crippen molar-refractivity contribution in [3.8, 4) is 0 Å². The zero-order valence-electron chi connectivity index (χ0n) is 11.1. The van der Waals surface area contributed by atoms with Crippen molar-refractivity contribution in [1.82, 2.24) is 4.90 Å². The number of hydrogen-bond donors (Lipinski definition) is 1. The van der Waals surface area contributed by atoms with Crippen LogP contribution in [0.1, 0.15) is 23.7 Å². The van der Waals surface area contributed by atoms with Crippen molar-refractivity contribution in [2.75, 3.05) is 32.0 Å². The summed E-state index contributed by atoms with van der Waals surface area (Å²) in [6.45, 7) is 4.62. The second-order valence-corrected chi connectivity index (χ2v) is 4.81. The fraction of sp³-hybridized carbons (Fsp3) is 0.500. The summed E-state index contributed by atoms with van der Waals surface area (Å²) in [6.07, 6.45) is 0.972. The molecular formula is C14H19FN2O2. The largest absolute Gasteiger partial charge is 0.396 e. The van der Waals surface area contributed by atoms with Crippen molar-refractivity contribution < 1.29 is 13.9 Å². The summed E-state index contributed by atoms with van der Waals surface area (Å²) >= 11 is 0. The van der Waals surface area contributed by atoms with Crippen LogP contribution in [0.2, 0.25) is 0 Å². The summed E-state index contributed by atoms with van der Waals surface area (Å²) < 4.78 is 18.7. The average molecular weight is 266 g/mol. The summed E-state index contributed by atoms with van der Waals surface area (Å²) in [5.41, 5.74) is 5.81. The number of nitrogen functional groups attached to an aromatic ring is 1. The summed E-state index contributed by atoms with van der Waals surface area (Å²) in [5, 5.41) is 0. The maximum atomic E-state index is 13.4. The Morgan fingerprint density at radius 3 is 2.95 bits per heavy atom. The van der Waals surface area contributed by atoms with Crippen LogP contribution in [-0.2, 0) is 4.74 Å². The van der Waals surface area contributed by atoms with E-state index < -0.39 is 5.82 Å². The molecule has 1 aliphatic heterocycles. The van der Waals surface area contributed by atoms with Gasteiger partial charge in [-0.2, -0.15) is 0 Å². The van der Waals surface area contributed by atoms with Gasteiger partial charge in [0.05, 0.1) is 12.3 Å². The fourth-order valence-electron chi connectivity index (χ4n) is 2.24. The van der Waals surface area contributed by atoms with E-state index in [1.165, 1.54) is 12.1 Å². The lowest BCUT2D eigenvalue weighted by molar-refractivity contribution is 0.0730. The van der Waals surface area contributed by atoms with Gasteiger partial charge in [0.25, 0.3) is 5.91 Å². The standard InChI is InChI=1S/C14H19FN2O2/c1-2-17(8-10-5-6-19-9-10)14(18)11-3-4-13(16)12(15)7-11/h3-4,7,10H,2,5-6,8-9,16H2,1H3. The predicted octanol–water partition coefficient (Wildman–Crippen LogP) is 1.91. The van der Waals surface area contributed by atoms with Crippen molar-refractivity contribution in [1.29, 1.82) is 0 Å². The van der Waals surface area contributed by atoms with Crippen molar-refractivity contribution in [2.45, 2.75) is 13.3 Å². The molecule has 1 amide bonds. The molecule has 1 saturated heterocycles. The zero-order chi connectivity index (χ0) is 13.8. The molecule has 4 nitrogen and oxygen atoms in total. The Morgan fingerprint density at radius 1 is 1.58 bits per heavy atom. The fourth-order valence-corrected chi connectivity index (χ4v) is 2.24. The Kier molecular flexibility index (Phi) is 4.37. The van der Waals surface area contributed by atoms with Gasteiger partial charge in [-0.25, -0.2) is 4.39 Å². The van der Waals surface area contributed by atoms with Gasteiger partial charge in [0.15, 0.2) is 0 Å². The highest BCUT2D eigenvalue weighted by Crippen LogP contribution is 2.17. The van der Waals surface area contributed by atoms with Gasteiger partial charge < -0.3 is 15.4 Å². The van der Waals surface area contributed by atoms with Gasteiger partial charge in [-0.15, -0.1) is 0 Å². The number of benzene rings is 1. The SMILES string of the molecule is CCN(CC1CCOC1)C(=O)c1ccc(N)c(F)c1. The van der Waals surface area contributed by atoms with E-state index in [1.54, 1.807) is 11.0 Å². The molecule has 1 aromatic carbocycles. The van der Waals surface area contributed by atoms with Crippen LogP contribution in [0.4, 0.5) is 10.1 Å². The third-order valence-electron chi connectivity index (χ3n) is 3.42. The van der Waals surface area contributed by atoms with Gasteiger partial charge in [-0.3, -0.25) is 4.79 Å². The van der Waals surface area contributed by atoms with E-state index in [0.29, 0.717) is 31.2 Å². The van der Waals surface area contributed by atoms with Gasteiger partial charge >= 0.3 is 0 Å². The number of carbonyl (C=O) groups excluding carboxylic acids is 1.